The summed E-state index contributed by atoms with van der Waals surface area (Å²) in [6.45, 7) is 6.63. The highest BCUT2D eigenvalue weighted by atomic mass is 16.6. The van der Waals surface area contributed by atoms with E-state index >= 15 is 0 Å². The lowest BCUT2D eigenvalue weighted by molar-refractivity contribution is -0.167. The summed E-state index contributed by atoms with van der Waals surface area (Å²) in [6.07, 6.45) is 73.5. The molecule has 0 aliphatic carbocycles. The third-order valence-electron chi connectivity index (χ3n) is 14.7. The van der Waals surface area contributed by atoms with Crippen molar-refractivity contribution < 1.29 is 28.6 Å². The maximum Gasteiger partial charge on any atom is 0.306 e. The van der Waals surface area contributed by atoms with Gasteiger partial charge >= 0.3 is 17.9 Å². The molecule has 0 N–H and O–H groups in total. The van der Waals surface area contributed by atoms with E-state index < -0.39 is 6.10 Å². The molecule has 0 aromatic carbocycles. The van der Waals surface area contributed by atoms with E-state index in [1.807, 2.05) is 0 Å². The van der Waals surface area contributed by atoms with E-state index in [2.05, 4.69) is 45.1 Å². The van der Waals surface area contributed by atoms with Crippen LogP contribution in [-0.2, 0) is 28.6 Å². The molecule has 424 valence electrons. The molecular formula is C66H124O6. The van der Waals surface area contributed by atoms with E-state index in [-0.39, 0.29) is 31.1 Å². The molecule has 1 atom stereocenters. The van der Waals surface area contributed by atoms with Crippen LogP contribution in [0, 0.1) is 0 Å². The maximum atomic E-state index is 12.9. The molecule has 0 rings (SSSR count). The highest BCUT2D eigenvalue weighted by Gasteiger charge is 2.19. The quantitative estimate of drug-likeness (QED) is 0.0261. The van der Waals surface area contributed by atoms with Gasteiger partial charge in [-0.05, 0) is 64.2 Å². The highest BCUT2D eigenvalue weighted by molar-refractivity contribution is 5.71. The number of allylic oxidation sites excluding steroid dienone is 4. The predicted molar refractivity (Wildman–Crippen MR) is 312 cm³/mol. The van der Waals surface area contributed by atoms with Crippen molar-refractivity contribution in [2.24, 2.45) is 0 Å². The molecule has 0 heterocycles. The van der Waals surface area contributed by atoms with Gasteiger partial charge in [-0.15, -0.1) is 0 Å². The Balaban J connectivity index is 4.16. The second-order valence-corrected chi connectivity index (χ2v) is 22.0. The minimum Gasteiger partial charge on any atom is -0.462 e. The van der Waals surface area contributed by atoms with Crippen LogP contribution in [0.25, 0.3) is 0 Å². The van der Waals surface area contributed by atoms with Gasteiger partial charge in [-0.25, -0.2) is 0 Å². The van der Waals surface area contributed by atoms with Crippen LogP contribution in [0.15, 0.2) is 24.3 Å². The fraction of sp³-hybridized carbons (Fsp3) is 0.894. The van der Waals surface area contributed by atoms with Gasteiger partial charge < -0.3 is 14.2 Å². The zero-order valence-corrected chi connectivity index (χ0v) is 48.7. The van der Waals surface area contributed by atoms with Gasteiger partial charge in [0.05, 0.1) is 0 Å². The number of hydrogen-bond acceptors (Lipinski definition) is 6. The van der Waals surface area contributed by atoms with Gasteiger partial charge in [0.15, 0.2) is 6.10 Å². The maximum absolute atomic E-state index is 12.9. The first-order chi connectivity index (χ1) is 35.5. The molecule has 0 aliphatic heterocycles. The molecule has 0 spiro atoms. The van der Waals surface area contributed by atoms with E-state index in [9.17, 15) is 14.4 Å². The van der Waals surface area contributed by atoms with Crippen LogP contribution in [0.3, 0.4) is 0 Å². The summed E-state index contributed by atoms with van der Waals surface area (Å²) >= 11 is 0. The normalized spacial score (nSPS) is 12.1. The zero-order valence-electron chi connectivity index (χ0n) is 48.7. The molecule has 0 aliphatic rings. The van der Waals surface area contributed by atoms with Gasteiger partial charge in [0, 0.05) is 19.3 Å². The summed E-state index contributed by atoms with van der Waals surface area (Å²) in [6, 6.07) is 0. The Bertz CT molecular complexity index is 1160. The topological polar surface area (TPSA) is 78.9 Å². The molecule has 0 aromatic heterocycles. The van der Waals surface area contributed by atoms with Crippen LogP contribution in [-0.4, -0.2) is 37.2 Å². The van der Waals surface area contributed by atoms with Crippen LogP contribution in [0.2, 0.25) is 0 Å². The first kappa shape index (κ1) is 69.9. The minimum absolute atomic E-state index is 0.0700. The Labute approximate surface area is 449 Å². The fourth-order valence-corrected chi connectivity index (χ4v) is 9.80. The number of unbranched alkanes of at least 4 members (excludes halogenated alkanes) is 45. The van der Waals surface area contributed by atoms with Gasteiger partial charge in [0.1, 0.15) is 13.2 Å². The molecule has 0 radical (unpaired) electrons. The van der Waals surface area contributed by atoms with E-state index in [1.54, 1.807) is 0 Å². The summed E-state index contributed by atoms with van der Waals surface area (Å²) < 4.78 is 16.9. The van der Waals surface area contributed by atoms with Crippen molar-refractivity contribution in [2.45, 2.75) is 367 Å². The molecule has 6 nitrogen and oxygen atoms in total. The van der Waals surface area contributed by atoms with Crippen molar-refractivity contribution in [2.75, 3.05) is 13.2 Å². The first-order valence-electron chi connectivity index (χ1n) is 32.3. The average molecular weight is 1010 g/mol. The minimum atomic E-state index is -0.772. The largest absolute Gasteiger partial charge is 0.462 e. The van der Waals surface area contributed by atoms with Crippen molar-refractivity contribution in [3.8, 4) is 0 Å². The third kappa shape index (κ3) is 58.8. The summed E-state index contributed by atoms with van der Waals surface area (Å²) in [4.78, 5) is 38.2. The van der Waals surface area contributed by atoms with Crippen LogP contribution < -0.4 is 0 Å². The van der Waals surface area contributed by atoms with E-state index in [0.717, 1.165) is 70.6 Å². The molecule has 0 saturated heterocycles. The van der Waals surface area contributed by atoms with Crippen molar-refractivity contribution in [1.29, 1.82) is 0 Å². The summed E-state index contributed by atoms with van der Waals surface area (Å²) in [5.41, 5.74) is 0. The van der Waals surface area contributed by atoms with Crippen LogP contribution in [0.4, 0.5) is 0 Å². The van der Waals surface area contributed by atoms with Gasteiger partial charge in [0.25, 0.3) is 0 Å². The number of carbonyl (C=O) groups is 3. The summed E-state index contributed by atoms with van der Waals surface area (Å²) in [5, 5.41) is 0. The van der Waals surface area contributed by atoms with Crippen LogP contribution >= 0.6 is 0 Å². The smallest absolute Gasteiger partial charge is 0.306 e. The van der Waals surface area contributed by atoms with E-state index in [0.29, 0.717) is 19.3 Å². The van der Waals surface area contributed by atoms with Crippen LogP contribution in [0.1, 0.15) is 361 Å². The Hall–Kier alpha value is -2.11. The zero-order chi connectivity index (χ0) is 52.2. The lowest BCUT2D eigenvalue weighted by atomic mass is 10.0. The third-order valence-corrected chi connectivity index (χ3v) is 14.7. The lowest BCUT2D eigenvalue weighted by Crippen LogP contribution is -2.30. The molecule has 0 aromatic rings. The molecule has 0 bridgehead atoms. The molecule has 0 amide bonds. The number of hydrogen-bond donors (Lipinski definition) is 0. The molecule has 72 heavy (non-hydrogen) atoms. The Kier molecular flexibility index (Phi) is 59.6. The lowest BCUT2D eigenvalue weighted by Gasteiger charge is -2.18. The SMILES string of the molecule is CCC/C=C\CCCCCCCC(=O)OCC(COC(=O)CCCCCCCCCCCCCCCCCCCCCCCCCCC)OC(=O)CCCCCCCCCCC/C=C\CCCCCCCC. The second kappa shape index (κ2) is 61.4. The molecule has 0 saturated carbocycles. The average Bonchev–Trinajstić information content (AvgIpc) is 3.38. The number of carbonyl (C=O) groups excluding carboxylic acids is 3. The molecule has 6 heteroatoms. The Morgan fingerprint density at radius 2 is 0.486 bits per heavy atom. The highest BCUT2D eigenvalue weighted by Crippen LogP contribution is 2.18. The van der Waals surface area contributed by atoms with Gasteiger partial charge in [-0.1, -0.05) is 302 Å². The number of rotatable bonds is 60. The van der Waals surface area contributed by atoms with Crippen LogP contribution in [0.5, 0.6) is 0 Å². The van der Waals surface area contributed by atoms with Gasteiger partial charge in [-0.2, -0.15) is 0 Å². The number of ether oxygens (including phenoxy) is 3. The monoisotopic (exact) mass is 1010 g/mol. The van der Waals surface area contributed by atoms with Gasteiger partial charge in [0.2, 0.25) is 0 Å². The Morgan fingerprint density at radius 3 is 0.750 bits per heavy atom. The number of esters is 3. The second-order valence-electron chi connectivity index (χ2n) is 22.0. The van der Waals surface area contributed by atoms with Crippen molar-refractivity contribution in [3.63, 3.8) is 0 Å². The predicted octanol–water partition coefficient (Wildman–Crippen LogP) is 21.8. The molecular weight excluding hydrogens is 889 g/mol. The molecule has 0 fully saturated rings. The van der Waals surface area contributed by atoms with Crippen molar-refractivity contribution >= 4 is 17.9 Å². The standard InChI is InChI=1S/C66H124O6/c1-4-7-10-13-16-19-22-24-26-28-30-31-32-33-34-35-37-38-40-42-44-47-50-53-56-59-65(68)71-62-63(61-70-64(67)58-55-52-49-46-21-18-15-12-9-6-3)72-66(69)60-57-54-51-48-45-43-41-39-36-29-27-25-23-20-17-14-11-8-5-2/h12,15,25,27,63H,4-11,13-14,16-24,26,28-62H2,1-3H3/b15-12-,27-25-. The first-order valence-corrected chi connectivity index (χ1v) is 32.3. The fourth-order valence-electron chi connectivity index (χ4n) is 9.80. The summed E-state index contributed by atoms with van der Waals surface area (Å²) in [5.74, 6) is -0.859. The van der Waals surface area contributed by atoms with E-state index in [4.69, 9.17) is 14.2 Å². The Morgan fingerprint density at radius 1 is 0.264 bits per heavy atom. The van der Waals surface area contributed by atoms with E-state index in [1.165, 1.54) is 250 Å². The van der Waals surface area contributed by atoms with Gasteiger partial charge in [-0.3, -0.25) is 14.4 Å². The summed E-state index contributed by atoms with van der Waals surface area (Å²) in [7, 11) is 0. The van der Waals surface area contributed by atoms with Crippen molar-refractivity contribution in [1.82, 2.24) is 0 Å². The molecule has 1 unspecified atom stereocenters. The van der Waals surface area contributed by atoms with Crippen molar-refractivity contribution in [3.05, 3.63) is 24.3 Å².